The second-order valence-electron chi connectivity index (χ2n) is 2.93. The van der Waals surface area contributed by atoms with E-state index in [9.17, 15) is 0 Å². The molecule has 14 heavy (non-hydrogen) atoms. The third-order valence-corrected chi connectivity index (χ3v) is 2.10. The average molecular weight is 189 g/mol. The first kappa shape index (κ1) is 8.83. The van der Waals surface area contributed by atoms with Gasteiger partial charge in [0.05, 0.1) is 12.4 Å². The first-order valence-corrected chi connectivity index (χ1v) is 4.33. The van der Waals surface area contributed by atoms with E-state index in [2.05, 4.69) is 15.1 Å². The van der Waals surface area contributed by atoms with Gasteiger partial charge in [-0.1, -0.05) is 0 Å². The van der Waals surface area contributed by atoms with Crippen molar-refractivity contribution in [3.05, 3.63) is 36.0 Å². The van der Waals surface area contributed by atoms with Gasteiger partial charge in [0, 0.05) is 30.2 Å². The summed E-state index contributed by atoms with van der Waals surface area (Å²) in [5, 5.41) is 4.19. The maximum Gasteiger partial charge on any atom is 0.172 e. The monoisotopic (exact) mass is 189 g/mol. The number of hydrogen-bond acceptors (Lipinski definition) is 4. The van der Waals surface area contributed by atoms with Crippen LogP contribution in [0.3, 0.4) is 0 Å². The second-order valence-corrected chi connectivity index (χ2v) is 2.93. The van der Waals surface area contributed by atoms with Crippen LogP contribution >= 0.6 is 0 Å². The standard InChI is InChI=1S/C9H11N5/c1-7-8(4-10)5-13-14(7)9-6-11-2-3-12-9/h2-3,5-6H,4,10H2,1H3. The van der Waals surface area contributed by atoms with E-state index in [1.54, 1.807) is 29.5 Å². The lowest BCUT2D eigenvalue weighted by Crippen LogP contribution is -2.03. The molecule has 0 radical (unpaired) electrons. The summed E-state index contributed by atoms with van der Waals surface area (Å²) in [6, 6.07) is 0. The van der Waals surface area contributed by atoms with Gasteiger partial charge in [-0.15, -0.1) is 0 Å². The lowest BCUT2D eigenvalue weighted by atomic mass is 10.3. The first-order valence-electron chi connectivity index (χ1n) is 4.33. The summed E-state index contributed by atoms with van der Waals surface area (Å²) in [6.45, 7) is 2.45. The molecule has 2 N–H and O–H groups in total. The molecule has 2 aromatic heterocycles. The van der Waals surface area contributed by atoms with E-state index in [0.29, 0.717) is 12.4 Å². The molecular formula is C9H11N5. The zero-order valence-corrected chi connectivity index (χ0v) is 7.88. The molecule has 0 aromatic carbocycles. The van der Waals surface area contributed by atoms with E-state index < -0.39 is 0 Å². The van der Waals surface area contributed by atoms with Crippen LogP contribution in [-0.2, 0) is 6.54 Å². The van der Waals surface area contributed by atoms with Crippen molar-refractivity contribution in [1.29, 1.82) is 0 Å². The van der Waals surface area contributed by atoms with Crippen molar-refractivity contribution in [2.75, 3.05) is 0 Å². The van der Waals surface area contributed by atoms with Gasteiger partial charge in [-0.05, 0) is 6.92 Å². The Hall–Kier alpha value is -1.75. The summed E-state index contributed by atoms with van der Waals surface area (Å²) in [4.78, 5) is 8.14. The number of nitrogens with zero attached hydrogens (tertiary/aromatic N) is 4. The highest BCUT2D eigenvalue weighted by Crippen LogP contribution is 2.10. The fourth-order valence-corrected chi connectivity index (χ4v) is 1.28. The fourth-order valence-electron chi connectivity index (χ4n) is 1.28. The lowest BCUT2D eigenvalue weighted by molar-refractivity contribution is 0.807. The first-order chi connectivity index (χ1) is 6.83. The van der Waals surface area contributed by atoms with Crippen molar-refractivity contribution >= 4 is 0 Å². The van der Waals surface area contributed by atoms with Crippen LogP contribution in [0.2, 0.25) is 0 Å². The van der Waals surface area contributed by atoms with Crippen LogP contribution in [0.25, 0.3) is 5.82 Å². The minimum atomic E-state index is 0.492. The molecule has 0 amide bonds. The van der Waals surface area contributed by atoms with Gasteiger partial charge < -0.3 is 5.73 Å². The zero-order chi connectivity index (χ0) is 9.97. The molecule has 0 saturated heterocycles. The molecule has 5 heteroatoms. The van der Waals surface area contributed by atoms with Gasteiger partial charge in [-0.2, -0.15) is 5.10 Å². The summed E-state index contributed by atoms with van der Waals surface area (Å²) in [5.41, 5.74) is 7.58. The Bertz CT molecular complexity index is 420. The molecule has 2 rings (SSSR count). The van der Waals surface area contributed by atoms with Gasteiger partial charge in [0.25, 0.3) is 0 Å². The zero-order valence-electron chi connectivity index (χ0n) is 7.88. The molecule has 0 atom stereocenters. The topological polar surface area (TPSA) is 69.6 Å². The second kappa shape index (κ2) is 3.55. The van der Waals surface area contributed by atoms with Gasteiger partial charge in [-0.3, -0.25) is 4.98 Å². The Morgan fingerprint density at radius 3 is 2.79 bits per heavy atom. The molecule has 0 bridgehead atoms. The largest absolute Gasteiger partial charge is 0.326 e. The maximum absolute atomic E-state index is 5.55. The average Bonchev–Trinajstić information content (AvgIpc) is 2.61. The third-order valence-electron chi connectivity index (χ3n) is 2.10. The van der Waals surface area contributed by atoms with Crippen molar-refractivity contribution in [2.24, 2.45) is 5.73 Å². The summed E-state index contributed by atoms with van der Waals surface area (Å²) < 4.78 is 1.73. The molecule has 0 unspecified atom stereocenters. The summed E-state index contributed by atoms with van der Waals surface area (Å²) in [5.74, 6) is 0.713. The molecule has 0 spiro atoms. The molecule has 72 valence electrons. The molecule has 0 saturated carbocycles. The summed E-state index contributed by atoms with van der Waals surface area (Å²) in [7, 11) is 0. The van der Waals surface area contributed by atoms with E-state index in [4.69, 9.17) is 5.73 Å². The number of hydrogen-bond donors (Lipinski definition) is 1. The minimum Gasteiger partial charge on any atom is -0.326 e. The normalized spacial score (nSPS) is 10.4. The quantitative estimate of drug-likeness (QED) is 0.743. The van der Waals surface area contributed by atoms with Gasteiger partial charge in [0.15, 0.2) is 5.82 Å². The summed E-state index contributed by atoms with van der Waals surface area (Å²) in [6.07, 6.45) is 6.69. The predicted molar refractivity (Wildman–Crippen MR) is 51.8 cm³/mol. The van der Waals surface area contributed by atoms with E-state index in [0.717, 1.165) is 11.3 Å². The predicted octanol–water partition coefficient (Wildman–Crippen LogP) is 0.429. The van der Waals surface area contributed by atoms with E-state index in [1.165, 1.54) is 0 Å². The van der Waals surface area contributed by atoms with Crippen LogP contribution in [0.5, 0.6) is 0 Å². The highest BCUT2D eigenvalue weighted by Gasteiger charge is 2.06. The van der Waals surface area contributed by atoms with Crippen molar-refractivity contribution in [2.45, 2.75) is 13.5 Å². The van der Waals surface area contributed by atoms with Crippen molar-refractivity contribution < 1.29 is 0 Å². The molecule has 0 aliphatic heterocycles. The van der Waals surface area contributed by atoms with Crippen LogP contribution < -0.4 is 5.73 Å². The third kappa shape index (κ3) is 1.38. The van der Waals surface area contributed by atoms with Crippen LogP contribution in [0.4, 0.5) is 0 Å². The Balaban J connectivity index is 2.48. The van der Waals surface area contributed by atoms with Crippen molar-refractivity contribution in [3.8, 4) is 5.82 Å². The smallest absolute Gasteiger partial charge is 0.172 e. The number of rotatable bonds is 2. The molecule has 0 aliphatic carbocycles. The van der Waals surface area contributed by atoms with Crippen LogP contribution in [0, 0.1) is 6.92 Å². The maximum atomic E-state index is 5.55. The van der Waals surface area contributed by atoms with E-state index in [1.807, 2.05) is 6.92 Å². The van der Waals surface area contributed by atoms with Gasteiger partial charge in [-0.25, -0.2) is 9.67 Å². The highest BCUT2D eigenvalue weighted by molar-refractivity contribution is 5.25. The van der Waals surface area contributed by atoms with Crippen LogP contribution in [-0.4, -0.2) is 19.7 Å². The van der Waals surface area contributed by atoms with Gasteiger partial charge in [0.1, 0.15) is 0 Å². The van der Waals surface area contributed by atoms with Gasteiger partial charge >= 0.3 is 0 Å². The molecule has 0 fully saturated rings. The van der Waals surface area contributed by atoms with E-state index in [-0.39, 0.29) is 0 Å². The Kier molecular flexibility index (Phi) is 2.24. The number of aromatic nitrogens is 4. The molecular weight excluding hydrogens is 178 g/mol. The molecule has 5 nitrogen and oxygen atoms in total. The molecule has 2 heterocycles. The minimum absolute atomic E-state index is 0.492. The highest BCUT2D eigenvalue weighted by atomic mass is 15.3. The van der Waals surface area contributed by atoms with Crippen LogP contribution in [0.1, 0.15) is 11.3 Å². The molecule has 0 aliphatic rings. The Labute approximate surface area is 81.6 Å². The Morgan fingerprint density at radius 2 is 2.21 bits per heavy atom. The number of nitrogens with two attached hydrogens (primary N) is 1. The van der Waals surface area contributed by atoms with Gasteiger partial charge in [0.2, 0.25) is 0 Å². The SMILES string of the molecule is Cc1c(CN)cnn1-c1cnccn1. The van der Waals surface area contributed by atoms with E-state index >= 15 is 0 Å². The fraction of sp³-hybridized carbons (Fsp3) is 0.222. The Morgan fingerprint density at radius 1 is 1.36 bits per heavy atom. The lowest BCUT2D eigenvalue weighted by Gasteiger charge is -2.02. The van der Waals surface area contributed by atoms with Crippen molar-refractivity contribution in [1.82, 2.24) is 19.7 Å². The molecule has 2 aromatic rings. The van der Waals surface area contributed by atoms with Crippen molar-refractivity contribution in [3.63, 3.8) is 0 Å². The summed E-state index contributed by atoms with van der Waals surface area (Å²) >= 11 is 0. The van der Waals surface area contributed by atoms with Crippen LogP contribution in [0.15, 0.2) is 24.8 Å².